The molecule has 0 aromatic heterocycles. The van der Waals surface area contributed by atoms with E-state index in [0.29, 0.717) is 5.92 Å². The number of para-hydroxylation sites is 2. The van der Waals surface area contributed by atoms with Gasteiger partial charge in [0.05, 0.1) is 18.4 Å². The fraction of sp³-hybridized carbons (Fsp3) is 0.647. The van der Waals surface area contributed by atoms with Gasteiger partial charge in [-0.25, -0.2) is 0 Å². The zero-order chi connectivity index (χ0) is 14.2. The highest BCUT2D eigenvalue weighted by atomic mass is 16.5. The number of hydrogen-bond acceptors (Lipinski definition) is 3. The molecule has 2 unspecified atom stereocenters. The Balaban J connectivity index is 1.78. The zero-order valence-corrected chi connectivity index (χ0v) is 12.5. The molecule has 2 atom stereocenters. The summed E-state index contributed by atoms with van der Waals surface area (Å²) < 4.78 is 5.81. The first-order valence-electron chi connectivity index (χ1n) is 7.73. The summed E-state index contributed by atoms with van der Waals surface area (Å²) in [6, 6.07) is 8.27. The third-order valence-electron chi connectivity index (χ3n) is 4.90. The summed E-state index contributed by atoms with van der Waals surface area (Å²) in [6.45, 7) is 7.09. The summed E-state index contributed by atoms with van der Waals surface area (Å²) >= 11 is 0. The molecule has 0 radical (unpaired) electrons. The molecule has 0 saturated heterocycles. The van der Waals surface area contributed by atoms with Crippen LogP contribution in [-0.4, -0.2) is 30.9 Å². The standard InChI is InChI=1S/C17H25NO2/c1-17(2)9-8-13(16(17)19)12-18-10-5-11-20-15-7-4-3-6-14(15)18/h3-4,6-7,13,16,19H,5,8-12H2,1-2H3. The van der Waals surface area contributed by atoms with Gasteiger partial charge in [0.1, 0.15) is 5.75 Å². The minimum atomic E-state index is -0.196. The van der Waals surface area contributed by atoms with Crippen LogP contribution >= 0.6 is 0 Å². The second kappa shape index (κ2) is 5.28. The lowest BCUT2D eigenvalue weighted by atomic mass is 9.87. The maximum absolute atomic E-state index is 10.5. The highest BCUT2D eigenvalue weighted by Crippen LogP contribution is 2.42. The number of benzene rings is 1. The number of nitrogens with zero attached hydrogens (tertiary/aromatic N) is 1. The number of rotatable bonds is 2. The average Bonchev–Trinajstić information content (AvgIpc) is 2.63. The normalized spacial score (nSPS) is 28.6. The van der Waals surface area contributed by atoms with E-state index in [1.807, 2.05) is 12.1 Å². The molecule has 1 aliphatic carbocycles. The van der Waals surface area contributed by atoms with Crippen LogP contribution in [0.1, 0.15) is 33.1 Å². The van der Waals surface area contributed by atoms with Crippen molar-refractivity contribution in [1.82, 2.24) is 0 Å². The highest BCUT2D eigenvalue weighted by Gasteiger charge is 2.41. The molecule has 0 spiro atoms. The van der Waals surface area contributed by atoms with E-state index < -0.39 is 0 Å². The summed E-state index contributed by atoms with van der Waals surface area (Å²) in [7, 11) is 0. The van der Waals surface area contributed by atoms with Crippen molar-refractivity contribution in [3.05, 3.63) is 24.3 Å². The Labute approximate surface area is 121 Å². The molecule has 0 amide bonds. The third kappa shape index (κ3) is 2.51. The number of anilines is 1. The topological polar surface area (TPSA) is 32.7 Å². The molecule has 1 heterocycles. The van der Waals surface area contributed by atoms with Crippen molar-refractivity contribution in [2.24, 2.45) is 11.3 Å². The van der Waals surface area contributed by atoms with Crippen LogP contribution in [0.2, 0.25) is 0 Å². The third-order valence-corrected chi connectivity index (χ3v) is 4.90. The van der Waals surface area contributed by atoms with Gasteiger partial charge in [-0.2, -0.15) is 0 Å². The number of ether oxygens (including phenoxy) is 1. The van der Waals surface area contributed by atoms with Crippen molar-refractivity contribution >= 4 is 5.69 Å². The monoisotopic (exact) mass is 275 g/mol. The van der Waals surface area contributed by atoms with Gasteiger partial charge in [0, 0.05) is 19.0 Å². The van der Waals surface area contributed by atoms with E-state index in [1.54, 1.807) is 0 Å². The summed E-state index contributed by atoms with van der Waals surface area (Å²) in [5.41, 5.74) is 1.24. The fourth-order valence-electron chi connectivity index (χ4n) is 3.56. The van der Waals surface area contributed by atoms with E-state index in [4.69, 9.17) is 4.74 Å². The first-order chi connectivity index (χ1) is 9.58. The van der Waals surface area contributed by atoms with Gasteiger partial charge in [-0.05, 0) is 36.8 Å². The van der Waals surface area contributed by atoms with E-state index in [-0.39, 0.29) is 11.5 Å². The largest absolute Gasteiger partial charge is 0.491 e. The quantitative estimate of drug-likeness (QED) is 0.900. The maximum atomic E-state index is 10.5. The predicted octanol–water partition coefficient (Wildman–Crippen LogP) is 3.07. The van der Waals surface area contributed by atoms with Crippen LogP contribution < -0.4 is 9.64 Å². The minimum Gasteiger partial charge on any atom is -0.491 e. The molecule has 1 aromatic rings. The first-order valence-corrected chi connectivity index (χ1v) is 7.73. The Morgan fingerprint density at radius 1 is 1.35 bits per heavy atom. The second-order valence-corrected chi connectivity index (χ2v) is 6.85. The number of fused-ring (bicyclic) bond motifs is 1. The van der Waals surface area contributed by atoms with Gasteiger partial charge in [0.15, 0.2) is 0 Å². The second-order valence-electron chi connectivity index (χ2n) is 6.85. The smallest absolute Gasteiger partial charge is 0.142 e. The first kappa shape index (κ1) is 13.7. The van der Waals surface area contributed by atoms with E-state index in [2.05, 4.69) is 30.9 Å². The van der Waals surface area contributed by atoms with Gasteiger partial charge in [0.25, 0.3) is 0 Å². The lowest BCUT2D eigenvalue weighted by molar-refractivity contribution is 0.0481. The zero-order valence-electron chi connectivity index (χ0n) is 12.5. The molecule has 3 rings (SSSR count). The van der Waals surface area contributed by atoms with Crippen LogP contribution in [0.5, 0.6) is 5.75 Å². The summed E-state index contributed by atoms with van der Waals surface area (Å²) in [5, 5.41) is 10.5. The van der Waals surface area contributed by atoms with Crippen molar-refractivity contribution < 1.29 is 9.84 Å². The van der Waals surface area contributed by atoms with Crippen molar-refractivity contribution in [2.75, 3.05) is 24.6 Å². The molecule has 1 aromatic carbocycles. The molecule has 0 bridgehead atoms. The Bertz CT molecular complexity index is 472. The molecule has 1 aliphatic heterocycles. The van der Waals surface area contributed by atoms with Crippen molar-refractivity contribution in [2.45, 2.75) is 39.2 Å². The van der Waals surface area contributed by atoms with Crippen molar-refractivity contribution in [3.63, 3.8) is 0 Å². The lowest BCUT2D eigenvalue weighted by Gasteiger charge is -2.31. The molecular weight excluding hydrogens is 250 g/mol. The Kier molecular flexibility index (Phi) is 3.63. The molecule has 20 heavy (non-hydrogen) atoms. The maximum Gasteiger partial charge on any atom is 0.142 e. The van der Waals surface area contributed by atoms with Gasteiger partial charge in [-0.3, -0.25) is 0 Å². The molecule has 1 saturated carbocycles. The molecule has 3 heteroatoms. The van der Waals surface area contributed by atoms with Crippen LogP contribution in [0.25, 0.3) is 0 Å². The van der Waals surface area contributed by atoms with Gasteiger partial charge >= 0.3 is 0 Å². The van der Waals surface area contributed by atoms with Crippen LogP contribution in [0.4, 0.5) is 5.69 Å². The Morgan fingerprint density at radius 2 is 2.15 bits per heavy atom. The molecule has 110 valence electrons. The lowest BCUT2D eigenvalue weighted by Crippen LogP contribution is -2.37. The van der Waals surface area contributed by atoms with Crippen LogP contribution in [-0.2, 0) is 0 Å². The molecule has 2 aliphatic rings. The molecule has 3 nitrogen and oxygen atoms in total. The fourth-order valence-corrected chi connectivity index (χ4v) is 3.56. The number of aliphatic hydroxyl groups is 1. The van der Waals surface area contributed by atoms with Crippen LogP contribution in [0.15, 0.2) is 24.3 Å². The molecular formula is C17H25NO2. The van der Waals surface area contributed by atoms with Gasteiger partial charge in [0.2, 0.25) is 0 Å². The summed E-state index contributed by atoms with van der Waals surface area (Å²) in [4.78, 5) is 2.40. The van der Waals surface area contributed by atoms with E-state index in [9.17, 15) is 5.11 Å². The molecule has 1 fully saturated rings. The summed E-state index contributed by atoms with van der Waals surface area (Å²) in [5.74, 6) is 1.35. The highest BCUT2D eigenvalue weighted by molar-refractivity contribution is 5.59. The van der Waals surface area contributed by atoms with Crippen molar-refractivity contribution in [1.29, 1.82) is 0 Å². The van der Waals surface area contributed by atoms with Gasteiger partial charge in [-0.15, -0.1) is 0 Å². The predicted molar refractivity (Wildman–Crippen MR) is 81.3 cm³/mol. The Morgan fingerprint density at radius 3 is 2.90 bits per heavy atom. The summed E-state index contributed by atoms with van der Waals surface area (Å²) in [6.07, 6.45) is 3.08. The SMILES string of the molecule is CC1(C)CCC(CN2CCCOc3ccccc32)C1O. The number of aliphatic hydroxyl groups excluding tert-OH is 1. The van der Waals surface area contributed by atoms with Gasteiger partial charge < -0.3 is 14.7 Å². The van der Waals surface area contributed by atoms with E-state index >= 15 is 0 Å². The average molecular weight is 275 g/mol. The van der Waals surface area contributed by atoms with E-state index in [1.165, 1.54) is 5.69 Å². The number of hydrogen-bond donors (Lipinski definition) is 1. The van der Waals surface area contributed by atoms with E-state index in [0.717, 1.165) is 44.7 Å². The van der Waals surface area contributed by atoms with Crippen molar-refractivity contribution in [3.8, 4) is 5.75 Å². The van der Waals surface area contributed by atoms with Crippen LogP contribution in [0.3, 0.4) is 0 Å². The molecule has 1 N–H and O–H groups in total. The minimum absolute atomic E-state index is 0.0620. The van der Waals surface area contributed by atoms with Gasteiger partial charge in [-0.1, -0.05) is 26.0 Å². The van der Waals surface area contributed by atoms with Crippen LogP contribution in [0, 0.1) is 11.3 Å². The Hall–Kier alpha value is -1.22.